The number of hydrogen-bond acceptors (Lipinski definition) is 3. The zero-order chi connectivity index (χ0) is 11.5. The van der Waals surface area contributed by atoms with Gasteiger partial charge < -0.3 is 4.90 Å². The SMILES string of the molecule is CC1CN(c2ccc(C#N)c(F)c2)CCS1. The van der Waals surface area contributed by atoms with E-state index in [2.05, 4.69) is 11.8 Å². The minimum absolute atomic E-state index is 0.114. The molecule has 2 nitrogen and oxygen atoms in total. The highest BCUT2D eigenvalue weighted by molar-refractivity contribution is 8.00. The second-order valence-corrected chi connectivity index (χ2v) is 5.45. The molecule has 1 aliphatic heterocycles. The number of hydrogen-bond donors (Lipinski definition) is 0. The predicted octanol–water partition coefficient (Wildman–Crippen LogP) is 2.64. The lowest BCUT2D eigenvalue weighted by Gasteiger charge is -2.32. The van der Waals surface area contributed by atoms with Gasteiger partial charge in [0.2, 0.25) is 0 Å². The molecule has 0 spiro atoms. The largest absolute Gasteiger partial charge is 0.370 e. The van der Waals surface area contributed by atoms with Gasteiger partial charge in [-0.3, -0.25) is 0 Å². The quantitative estimate of drug-likeness (QED) is 0.750. The van der Waals surface area contributed by atoms with Gasteiger partial charge in [0.15, 0.2) is 0 Å². The van der Waals surface area contributed by atoms with Crippen LogP contribution in [0.15, 0.2) is 18.2 Å². The molecule has 1 aliphatic rings. The van der Waals surface area contributed by atoms with Crippen LogP contribution in [0.4, 0.5) is 10.1 Å². The summed E-state index contributed by atoms with van der Waals surface area (Å²) in [6, 6.07) is 6.67. The van der Waals surface area contributed by atoms with E-state index in [0.717, 1.165) is 24.5 Å². The zero-order valence-corrected chi connectivity index (χ0v) is 9.93. The lowest BCUT2D eigenvalue weighted by molar-refractivity contribution is 0.622. The summed E-state index contributed by atoms with van der Waals surface area (Å²) in [5.41, 5.74) is 0.992. The van der Waals surface area contributed by atoms with Crippen LogP contribution in [-0.2, 0) is 0 Å². The van der Waals surface area contributed by atoms with Crippen LogP contribution < -0.4 is 4.90 Å². The molecule has 0 saturated carbocycles. The van der Waals surface area contributed by atoms with Gasteiger partial charge in [-0.1, -0.05) is 6.92 Å². The summed E-state index contributed by atoms with van der Waals surface area (Å²) in [5.74, 6) is 0.647. The molecule has 1 heterocycles. The summed E-state index contributed by atoms with van der Waals surface area (Å²) in [6.07, 6.45) is 0. The highest BCUT2D eigenvalue weighted by Crippen LogP contribution is 2.25. The zero-order valence-electron chi connectivity index (χ0n) is 9.11. The highest BCUT2D eigenvalue weighted by Gasteiger charge is 2.17. The molecule has 1 unspecified atom stereocenters. The topological polar surface area (TPSA) is 27.0 Å². The van der Waals surface area contributed by atoms with Crippen LogP contribution in [-0.4, -0.2) is 24.1 Å². The normalized spacial score (nSPS) is 20.6. The van der Waals surface area contributed by atoms with Crippen molar-refractivity contribution >= 4 is 17.4 Å². The Morgan fingerprint density at radius 3 is 3.00 bits per heavy atom. The number of anilines is 1. The maximum atomic E-state index is 13.4. The predicted molar refractivity (Wildman–Crippen MR) is 65.2 cm³/mol. The molecule has 2 rings (SSSR count). The Bertz CT molecular complexity index is 428. The fraction of sp³-hybridized carbons (Fsp3) is 0.417. The molecular formula is C12H13FN2S. The molecule has 4 heteroatoms. The van der Waals surface area contributed by atoms with Gasteiger partial charge >= 0.3 is 0 Å². The first-order valence-corrected chi connectivity index (χ1v) is 6.32. The van der Waals surface area contributed by atoms with Crippen molar-refractivity contribution in [1.29, 1.82) is 5.26 Å². The lowest BCUT2D eigenvalue weighted by Crippen LogP contribution is -2.36. The third-order valence-corrected chi connectivity index (χ3v) is 3.82. The van der Waals surface area contributed by atoms with E-state index in [4.69, 9.17) is 5.26 Å². The molecule has 84 valence electrons. The summed E-state index contributed by atoms with van der Waals surface area (Å²) in [4.78, 5) is 2.17. The standard InChI is InChI=1S/C12H13FN2S/c1-9-8-15(4-5-16-9)11-3-2-10(7-14)12(13)6-11/h2-3,6,9H,4-5,8H2,1H3. The van der Waals surface area contributed by atoms with Gasteiger partial charge in [0.05, 0.1) is 5.56 Å². The van der Waals surface area contributed by atoms with Gasteiger partial charge in [-0.2, -0.15) is 17.0 Å². The Hall–Kier alpha value is -1.21. The highest BCUT2D eigenvalue weighted by atomic mass is 32.2. The smallest absolute Gasteiger partial charge is 0.143 e. The van der Waals surface area contributed by atoms with Crippen LogP contribution in [0.2, 0.25) is 0 Å². The average molecular weight is 236 g/mol. The minimum atomic E-state index is -0.425. The summed E-state index contributed by atoms with van der Waals surface area (Å²) in [6.45, 7) is 4.06. The van der Waals surface area contributed by atoms with Crippen molar-refractivity contribution in [2.75, 3.05) is 23.7 Å². The Morgan fingerprint density at radius 2 is 2.38 bits per heavy atom. The second-order valence-electron chi connectivity index (χ2n) is 3.90. The molecule has 0 aliphatic carbocycles. The molecule has 0 N–H and O–H groups in total. The Morgan fingerprint density at radius 1 is 1.56 bits per heavy atom. The maximum Gasteiger partial charge on any atom is 0.143 e. The van der Waals surface area contributed by atoms with Gasteiger partial charge in [-0.15, -0.1) is 0 Å². The van der Waals surface area contributed by atoms with Crippen molar-refractivity contribution < 1.29 is 4.39 Å². The van der Waals surface area contributed by atoms with Gasteiger partial charge in [0, 0.05) is 29.8 Å². The third-order valence-electron chi connectivity index (χ3n) is 2.68. The third kappa shape index (κ3) is 2.30. The summed E-state index contributed by atoms with van der Waals surface area (Å²) >= 11 is 1.94. The number of halogens is 1. The summed E-state index contributed by atoms with van der Waals surface area (Å²) in [5, 5.41) is 9.23. The molecule has 1 atom stereocenters. The number of benzene rings is 1. The Kier molecular flexibility index (Phi) is 3.35. The van der Waals surface area contributed by atoms with E-state index in [9.17, 15) is 4.39 Å². The molecule has 1 aromatic carbocycles. The van der Waals surface area contributed by atoms with Crippen molar-refractivity contribution in [2.45, 2.75) is 12.2 Å². The van der Waals surface area contributed by atoms with Gasteiger partial charge in [-0.05, 0) is 18.2 Å². The van der Waals surface area contributed by atoms with Crippen LogP contribution in [0.1, 0.15) is 12.5 Å². The summed E-state index contributed by atoms with van der Waals surface area (Å²) in [7, 11) is 0. The van der Waals surface area contributed by atoms with Crippen molar-refractivity contribution in [3.05, 3.63) is 29.6 Å². The Balaban J connectivity index is 2.21. The van der Waals surface area contributed by atoms with Gasteiger partial charge in [-0.25, -0.2) is 4.39 Å². The van der Waals surface area contributed by atoms with Crippen LogP contribution in [0, 0.1) is 17.1 Å². The van der Waals surface area contributed by atoms with Crippen LogP contribution in [0.5, 0.6) is 0 Å². The fourth-order valence-electron chi connectivity index (χ4n) is 1.84. The molecule has 1 aromatic rings. The molecule has 0 bridgehead atoms. The van der Waals surface area contributed by atoms with E-state index in [1.807, 2.05) is 23.9 Å². The average Bonchev–Trinajstić information content (AvgIpc) is 2.29. The molecular weight excluding hydrogens is 223 g/mol. The van der Waals surface area contributed by atoms with Crippen LogP contribution in [0.25, 0.3) is 0 Å². The van der Waals surface area contributed by atoms with Gasteiger partial charge in [0.1, 0.15) is 11.9 Å². The van der Waals surface area contributed by atoms with Crippen LogP contribution >= 0.6 is 11.8 Å². The van der Waals surface area contributed by atoms with Crippen molar-refractivity contribution in [3.8, 4) is 6.07 Å². The number of rotatable bonds is 1. The molecule has 1 saturated heterocycles. The van der Waals surface area contributed by atoms with Crippen LogP contribution in [0.3, 0.4) is 0 Å². The minimum Gasteiger partial charge on any atom is -0.370 e. The number of thioether (sulfide) groups is 1. The molecule has 0 radical (unpaired) electrons. The molecule has 0 aromatic heterocycles. The molecule has 0 amide bonds. The van der Waals surface area contributed by atoms with E-state index in [0.29, 0.717) is 5.25 Å². The van der Waals surface area contributed by atoms with Gasteiger partial charge in [0.25, 0.3) is 0 Å². The first-order chi connectivity index (χ1) is 7.70. The first kappa shape index (κ1) is 11.3. The van der Waals surface area contributed by atoms with Crippen molar-refractivity contribution in [3.63, 3.8) is 0 Å². The molecule has 1 fully saturated rings. The van der Waals surface area contributed by atoms with E-state index in [1.165, 1.54) is 6.07 Å². The van der Waals surface area contributed by atoms with Crippen molar-refractivity contribution in [2.24, 2.45) is 0 Å². The maximum absolute atomic E-state index is 13.4. The Labute approximate surface area is 99.1 Å². The molecule has 16 heavy (non-hydrogen) atoms. The van der Waals surface area contributed by atoms with E-state index in [-0.39, 0.29) is 5.56 Å². The monoisotopic (exact) mass is 236 g/mol. The first-order valence-electron chi connectivity index (χ1n) is 5.27. The van der Waals surface area contributed by atoms with E-state index in [1.54, 1.807) is 6.07 Å². The number of nitriles is 1. The number of nitrogens with zero attached hydrogens (tertiary/aromatic N) is 2. The lowest BCUT2D eigenvalue weighted by atomic mass is 10.2. The van der Waals surface area contributed by atoms with Crippen molar-refractivity contribution in [1.82, 2.24) is 0 Å². The van der Waals surface area contributed by atoms with E-state index < -0.39 is 5.82 Å². The second kappa shape index (κ2) is 4.75. The summed E-state index contributed by atoms with van der Waals surface area (Å²) < 4.78 is 13.4. The fourth-order valence-corrected chi connectivity index (χ4v) is 2.86. The van der Waals surface area contributed by atoms with E-state index >= 15 is 0 Å².